The quantitative estimate of drug-likeness (QED) is 0.220. The number of nitrogens with one attached hydrogen (secondary N) is 1. The van der Waals surface area contributed by atoms with Crippen molar-refractivity contribution in [1.29, 1.82) is 0 Å². The van der Waals surface area contributed by atoms with E-state index in [0.29, 0.717) is 12.1 Å². The predicted octanol–water partition coefficient (Wildman–Crippen LogP) is 1.61. The van der Waals surface area contributed by atoms with E-state index in [1.165, 1.54) is 18.7 Å². The number of carbonyl (C=O) groups is 4. The lowest BCUT2D eigenvalue weighted by atomic mass is 10.0. The number of β-lactam (4-membered cyclic amide) rings is 1. The molecule has 50 heavy (non-hydrogen) atoms. The van der Waals surface area contributed by atoms with Crippen LogP contribution in [0.3, 0.4) is 0 Å². The first-order chi connectivity index (χ1) is 24.2. The molecule has 0 aliphatic carbocycles. The van der Waals surface area contributed by atoms with Gasteiger partial charge in [-0.3, -0.25) is 44.0 Å². The van der Waals surface area contributed by atoms with Crippen LogP contribution in [0.5, 0.6) is 0 Å². The summed E-state index contributed by atoms with van der Waals surface area (Å²) in [6.07, 6.45) is 3.64. The van der Waals surface area contributed by atoms with E-state index in [0.717, 1.165) is 74.3 Å². The topological polar surface area (TPSA) is 161 Å². The summed E-state index contributed by atoms with van der Waals surface area (Å²) >= 11 is 1.31. The van der Waals surface area contributed by atoms with Gasteiger partial charge in [0.2, 0.25) is 0 Å². The molecule has 2 N–H and O–H groups in total. The minimum atomic E-state index is -1.29. The second-order valence-electron chi connectivity index (χ2n) is 12.4. The molecule has 0 bridgehead atoms. The van der Waals surface area contributed by atoms with Crippen LogP contribution in [-0.4, -0.2) is 126 Å². The van der Waals surface area contributed by atoms with Gasteiger partial charge in [-0.1, -0.05) is 18.2 Å². The summed E-state index contributed by atoms with van der Waals surface area (Å²) in [7, 11) is 0. The van der Waals surface area contributed by atoms with Crippen LogP contribution in [-0.2, 0) is 38.8 Å². The molecular formula is C35H40N8O6S. The van der Waals surface area contributed by atoms with Crippen LogP contribution >= 0.6 is 11.8 Å². The molecule has 1 unspecified atom stereocenters. The van der Waals surface area contributed by atoms with Gasteiger partial charge in [-0.15, -0.1) is 11.8 Å². The fraction of sp³-hybridized carbons (Fsp3) is 0.400. The molecule has 2 fully saturated rings. The number of esters is 1. The number of carbonyl (C=O) groups excluding carboxylic acids is 3. The van der Waals surface area contributed by atoms with Gasteiger partial charge >= 0.3 is 11.9 Å². The number of thioether (sulfide) groups is 1. The highest BCUT2D eigenvalue weighted by molar-refractivity contribution is 8.00. The Morgan fingerprint density at radius 3 is 1.92 bits per heavy atom. The molecule has 3 aliphatic rings. The molecule has 2 amide bonds. The molecular weight excluding hydrogens is 661 g/mol. The summed E-state index contributed by atoms with van der Waals surface area (Å²) in [6, 6.07) is 16.3. The normalized spacial score (nSPS) is 20.6. The Balaban J connectivity index is 1.11. The molecule has 0 aromatic carbocycles. The average molecular weight is 701 g/mol. The number of carboxylic acid groups (broad SMARTS) is 1. The SMILES string of the molecule is CC(=O)OCC1=C(C(=O)O)N2C(=O)[C@@H](NC(=O)c3cccc(CN4CCN(Cc5ccccn5)CCN(Cc5ccccn5)CC4)n3)C2SC1. The monoisotopic (exact) mass is 700 g/mol. The number of carboxylic acids is 1. The Bertz CT molecular complexity index is 1670. The summed E-state index contributed by atoms with van der Waals surface area (Å²) in [5, 5.41) is 12.0. The number of pyridine rings is 3. The zero-order valence-electron chi connectivity index (χ0n) is 27.8. The van der Waals surface area contributed by atoms with Gasteiger partial charge in [0, 0.05) is 89.5 Å². The molecule has 0 saturated carbocycles. The van der Waals surface area contributed by atoms with E-state index >= 15 is 0 Å². The number of hydrogen-bond donors (Lipinski definition) is 2. The Hall–Kier alpha value is -4.70. The molecule has 262 valence electrons. The van der Waals surface area contributed by atoms with Gasteiger partial charge in [-0.25, -0.2) is 9.78 Å². The molecule has 14 nitrogen and oxygen atoms in total. The number of ether oxygens (including phenoxy) is 1. The summed E-state index contributed by atoms with van der Waals surface area (Å²) in [5.74, 6) is -2.63. The van der Waals surface area contributed by atoms with Crippen molar-refractivity contribution in [2.24, 2.45) is 0 Å². The van der Waals surface area contributed by atoms with Gasteiger partial charge in [-0.2, -0.15) is 0 Å². The third kappa shape index (κ3) is 8.71. The highest BCUT2D eigenvalue weighted by Crippen LogP contribution is 2.40. The zero-order valence-corrected chi connectivity index (χ0v) is 28.6. The van der Waals surface area contributed by atoms with E-state index in [-0.39, 0.29) is 23.8 Å². The van der Waals surface area contributed by atoms with Gasteiger partial charge < -0.3 is 15.2 Å². The molecule has 6 rings (SSSR count). The van der Waals surface area contributed by atoms with Crippen LogP contribution in [0, 0.1) is 0 Å². The lowest BCUT2D eigenvalue weighted by molar-refractivity contribution is -0.149. The fourth-order valence-electron chi connectivity index (χ4n) is 6.22. The van der Waals surface area contributed by atoms with E-state index < -0.39 is 35.2 Å². The third-order valence-corrected chi connectivity index (χ3v) is 10.2. The number of aliphatic carboxylic acids is 1. The Labute approximate surface area is 294 Å². The van der Waals surface area contributed by atoms with E-state index in [9.17, 15) is 24.3 Å². The standard InChI is InChI=1S/C35H40N8O6S/c1-24(44)49-22-25-23-50-34-30(33(46)43(34)31(25)35(47)48)39-32(45)29-10-6-9-28(38-29)21-42-17-15-40(19-26-7-2-4-11-36-26)13-14-41(16-18-42)20-27-8-3-5-12-37-27/h2-12,30,34H,13-23H2,1H3,(H,39,45)(H,47,48)/t30-,34?/m1/s1. The summed E-state index contributed by atoms with van der Waals surface area (Å²) < 4.78 is 4.99. The van der Waals surface area contributed by atoms with E-state index in [2.05, 4.69) is 35.0 Å². The number of aromatic nitrogens is 3. The van der Waals surface area contributed by atoms with Crippen molar-refractivity contribution in [2.45, 2.75) is 38.0 Å². The largest absolute Gasteiger partial charge is 0.477 e. The third-order valence-electron chi connectivity index (χ3n) is 8.83. The molecule has 2 saturated heterocycles. The van der Waals surface area contributed by atoms with Crippen LogP contribution in [0.2, 0.25) is 0 Å². The second kappa shape index (κ2) is 16.3. The van der Waals surface area contributed by atoms with Crippen molar-refractivity contribution in [3.05, 3.63) is 101 Å². The van der Waals surface area contributed by atoms with Crippen LogP contribution in [0.15, 0.2) is 78.3 Å². The molecule has 15 heteroatoms. The van der Waals surface area contributed by atoms with Crippen molar-refractivity contribution >= 4 is 35.5 Å². The lowest BCUT2D eigenvalue weighted by Gasteiger charge is -2.49. The average Bonchev–Trinajstić information content (AvgIpc) is 3.21. The number of rotatable bonds is 11. The highest BCUT2D eigenvalue weighted by Gasteiger charge is 2.54. The maximum atomic E-state index is 13.4. The maximum absolute atomic E-state index is 13.4. The Morgan fingerprint density at radius 2 is 1.40 bits per heavy atom. The smallest absolute Gasteiger partial charge is 0.352 e. The van der Waals surface area contributed by atoms with Gasteiger partial charge in [0.05, 0.1) is 17.1 Å². The number of amides is 2. The number of fused-ring (bicyclic) bond motifs is 1. The van der Waals surface area contributed by atoms with Gasteiger partial charge in [0.25, 0.3) is 11.8 Å². The summed E-state index contributed by atoms with van der Waals surface area (Å²) in [4.78, 5) is 71.9. The number of nitrogens with zero attached hydrogens (tertiary/aromatic N) is 7. The van der Waals surface area contributed by atoms with Crippen LogP contribution < -0.4 is 5.32 Å². The van der Waals surface area contributed by atoms with Gasteiger partial charge in [-0.05, 0) is 36.4 Å². The molecule has 0 spiro atoms. The van der Waals surface area contributed by atoms with Gasteiger partial charge in [0.15, 0.2) is 0 Å². The molecule has 2 atom stereocenters. The summed E-state index contributed by atoms with van der Waals surface area (Å²) in [6.45, 7) is 8.08. The fourth-order valence-corrected chi connectivity index (χ4v) is 7.55. The minimum Gasteiger partial charge on any atom is -0.477 e. The van der Waals surface area contributed by atoms with Crippen molar-refractivity contribution in [3.8, 4) is 0 Å². The zero-order chi connectivity index (χ0) is 35.0. The molecule has 6 heterocycles. The summed E-state index contributed by atoms with van der Waals surface area (Å²) in [5.41, 5.74) is 3.08. The van der Waals surface area contributed by atoms with Crippen LogP contribution in [0.25, 0.3) is 0 Å². The van der Waals surface area contributed by atoms with Crippen LogP contribution in [0.1, 0.15) is 34.5 Å². The first-order valence-electron chi connectivity index (χ1n) is 16.5. The van der Waals surface area contributed by atoms with Crippen molar-refractivity contribution in [3.63, 3.8) is 0 Å². The first kappa shape index (κ1) is 35.1. The second-order valence-corrected chi connectivity index (χ2v) is 13.5. The Morgan fingerprint density at radius 1 is 0.840 bits per heavy atom. The van der Waals surface area contributed by atoms with E-state index in [4.69, 9.17) is 4.74 Å². The maximum Gasteiger partial charge on any atom is 0.352 e. The van der Waals surface area contributed by atoms with Gasteiger partial charge in [0.1, 0.15) is 29.4 Å². The Kier molecular flexibility index (Phi) is 11.5. The lowest BCUT2D eigenvalue weighted by Crippen LogP contribution is -2.70. The van der Waals surface area contributed by atoms with Crippen molar-refractivity contribution in [1.82, 2.24) is 39.9 Å². The van der Waals surface area contributed by atoms with Crippen molar-refractivity contribution in [2.75, 3.05) is 51.6 Å². The minimum absolute atomic E-state index is 0.178. The molecule has 3 aromatic rings. The highest BCUT2D eigenvalue weighted by atomic mass is 32.2. The van der Waals surface area contributed by atoms with E-state index in [1.54, 1.807) is 12.1 Å². The van der Waals surface area contributed by atoms with Crippen molar-refractivity contribution < 1.29 is 29.0 Å². The molecule has 3 aliphatic heterocycles. The first-order valence-corrected chi connectivity index (χ1v) is 17.6. The molecule has 3 aromatic heterocycles. The predicted molar refractivity (Wildman–Crippen MR) is 184 cm³/mol. The van der Waals surface area contributed by atoms with E-state index in [1.807, 2.05) is 54.9 Å². The van der Waals surface area contributed by atoms with Crippen LogP contribution in [0.4, 0.5) is 0 Å². The molecule has 0 radical (unpaired) electrons. The number of hydrogen-bond acceptors (Lipinski definition) is 12.